The highest BCUT2D eigenvalue weighted by Crippen LogP contribution is 2.21. The third-order valence-electron chi connectivity index (χ3n) is 3.49. The first-order chi connectivity index (χ1) is 12.7. The monoisotopic (exact) mass is 412 g/mol. The van der Waals surface area contributed by atoms with Gasteiger partial charge in [0, 0.05) is 0 Å². The van der Waals surface area contributed by atoms with E-state index in [1.807, 2.05) is 6.92 Å². The Morgan fingerprint density at radius 3 is 2.63 bits per heavy atom. The predicted octanol–water partition coefficient (Wildman–Crippen LogP) is 2.63. The van der Waals surface area contributed by atoms with Gasteiger partial charge in [0.05, 0.1) is 16.9 Å². The van der Waals surface area contributed by atoms with Crippen LogP contribution in [0.2, 0.25) is 5.02 Å². The van der Waals surface area contributed by atoms with Gasteiger partial charge in [-0.25, -0.2) is 26.6 Å². The number of nitrogens with one attached hydrogen (secondary N) is 1. The number of rotatable bonds is 4. The van der Waals surface area contributed by atoms with Crippen LogP contribution in [-0.4, -0.2) is 29.3 Å². The first-order valence-electron chi connectivity index (χ1n) is 7.38. The number of amides is 1. The molecule has 3 aromatic rings. The summed E-state index contributed by atoms with van der Waals surface area (Å²) >= 11 is 6.11. The maximum atomic E-state index is 13.7. The lowest BCUT2D eigenvalue weighted by atomic mass is 10.2. The highest BCUT2D eigenvalue weighted by Gasteiger charge is 2.24. The van der Waals surface area contributed by atoms with Crippen LogP contribution in [0.4, 0.5) is 8.78 Å². The summed E-state index contributed by atoms with van der Waals surface area (Å²) < 4.78 is 54.0. The van der Waals surface area contributed by atoms with Crippen LogP contribution in [-0.2, 0) is 10.0 Å². The second kappa shape index (κ2) is 7.05. The molecular weight excluding hydrogens is 402 g/mol. The third kappa shape index (κ3) is 3.96. The summed E-state index contributed by atoms with van der Waals surface area (Å²) in [5, 5.41) is 7.66. The topological polar surface area (TPSA) is 94.0 Å². The van der Waals surface area contributed by atoms with Crippen molar-refractivity contribution >= 4 is 27.5 Å². The summed E-state index contributed by atoms with van der Waals surface area (Å²) in [6.45, 7) is 1.84. The smallest absolute Gasteiger partial charge is 0.266 e. The van der Waals surface area contributed by atoms with E-state index < -0.39 is 32.5 Å². The molecule has 0 spiro atoms. The van der Waals surface area contributed by atoms with Crippen LogP contribution >= 0.6 is 11.6 Å². The second-order valence-corrected chi connectivity index (χ2v) is 7.57. The van der Waals surface area contributed by atoms with Gasteiger partial charge in [-0.1, -0.05) is 22.9 Å². The van der Waals surface area contributed by atoms with Crippen LogP contribution in [0.3, 0.4) is 0 Å². The fourth-order valence-electron chi connectivity index (χ4n) is 2.20. The Morgan fingerprint density at radius 1 is 1.19 bits per heavy atom. The zero-order chi connectivity index (χ0) is 19.8. The van der Waals surface area contributed by atoms with Crippen molar-refractivity contribution in [1.29, 1.82) is 0 Å². The summed E-state index contributed by atoms with van der Waals surface area (Å²) in [5.41, 5.74) is 0.977. The second-order valence-electron chi connectivity index (χ2n) is 5.51. The maximum Gasteiger partial charge on any atom is 0.287 e. The Morgan fingerprint density at radius 2 is 1.93 bits per heavy atom. The maximum absolute atomic E-state index is 13.7. The Kier molecular flexibility index (Phi) is 4.94. The lowest BCUT2D eigenvalue weighted by Crippen LogP contribution is -2.31. The van der Waals surface area contributed by atoms with Crippen molar-refractivity contribution < 1.29 is 22.0 Å². The molecule has 140 valence electrons. The summed E-state index contributed by atoms with van der Waals surface area (Å²) in [6, 6.07) is 6.95. The highest BCUT2D eigenvalue weighted by atomic mass is 35.5. The molecule has 27 heavy (non-hydrogen) atoms. The van der Waals surface area contributed by atoms with E-state index in [1.165, 1.54) is 4.68 Å². The van der Waals surface area contributed by atoms with Crippen LogP contribution < -0.4 is 4.72 Å². The molecule has 0 aliphatic rings. The average Bonchev–Trinajstić information content (AvgIpc) is 3.06. The number of halogens is 3. The zero-order valence-corrected chi connectivity index (χ0v) is 15.2. The predicted molar refractivity (Wildman–Crippen MR) is 92.1 cm³/mol. The third-order valence-corrected chi connectivity index (χ3v) is 5.13. The van der Waals surface area contributed by atoms with Crippen molar-refractivity contribution in [1.82, 2.24) is 19.7 Å². The van der Waals surface area contributed by atoms with E-state index in [0.29, 0.717) is 22.8 Å². The molecule has 0 atom stereocenters. The van der Waals surface area contributed by atoms with Crippen molar-refractivity contribution in [2.75, 3.05) is 0 Å². The quantitative estimate of drug-likeness (QED) is 0.711. The van der Waals surface area contributed by atoms with E-state index in [9.17, 15) is 22.0 Å². The normalized spacial score (nSPS) is 11.4. The number of carbonyl (C=O) groups is 1. The molecule has 11 heteroatoms. The molecule has 0 radical (unpaired) electrons. The molecule has 3 rings (SSSR count). The SMILES string of the molecule is Cc1ccc(-n2cc(C(=O)NS(=O)(=O)c3cc(F)ccc3F)nn2)c(Cl)c1. The molecule has 1 amide bonds. The number of sulfonamides is 1. The van der Waals surface area contributed by atoms with E-state index >= 15 is 0 Å². The van der Waals surface area contributed by atoms with Gasteiger partial charge in [-0.15, -0.1) is 5.10 Å². The standard InChI is InChI=1S/C16H11ClF2N4O3S/c1-9-2-5-14(11(17)6-9)23-8-13(20-22-23)16(24)21-27(25,26)15-7-10(18)3-4-12(15)19/h2-8H,1H3,(H,21,24). The van der Waals surface area contributed by atoms with Crippen molar-refractivity contribution in [2.24, 2.45) is 0 Å². The number of aryl methyl sites for hydroxylation is 1. The molecule has 0 unspecified atom stereocenters. The summed E-state index contributed by atoms with van der Waals surface area (Å²) in [5.74, 6) is -3.33. The first-order valence-corrected chi connectivity index (χ1v) is 9.24. The minimum Gasteiger partial charge on any atom is -0.266 e. The van der Waals surface area contributed by atoms with Crippen LogP contribution in [0.15, 0.2) is 47.5 Å². The number of aromatic nitrogens is 3. The number of carbonyl (C=O) groups excluding carboxylic acids is 1. The van der Waals surface area contributed by atoms with Gasteiger partial charge in [0.2, 0.25) is 0 Å². The van der Waals surface area contributed by atoms with Crippen LogP contribution in [0.5, 0.6) is 0 Å². The van der Waals surface area contributed by atoms with Crippen LogP contribution in [0.1, 0.15) is 16.1 Å². The molecule has 0 saturated carbocycles. The van der Waals surface area contributed by atoms with Crippen molar-refractivity contribution in [3.8, 4) is 5.69 Å². The number of benzene rings is 2. The van der Waals surface area contributed by atoms with E-state index in [4.69, 9.17) is 11.6 Å². The molecule has 0 fully saturated rings. The van der Waals surface area contributed by atoms with Crippen molar-refractivity contribution in [3.05, 3.63) is 70.5 Å². The summed E-state index contributed by atoms with van der Waals surface area (Å²) in [6.07, 6.45) is 1.16. The molecule has 0 saturated heterocycles. The lowest BCUT2D eigenvalue weighted by Gasteiger charge is -2.06. The molecule has 7 nitrogen and oxygen atoms in total. The Bertz CT molecular complexity index is 1150. The average molecular weight is 413 g/mol. The fourth-order valence-corrected chi connectivity index (χ4v) is 3.57. The molecule has 1 heterocycles. The van der Waals surface area contributed by atoms with Crippen LogP contribution in [0.25, 0.3) is 5.69 Å². The van der Waals surface area contributed by atoms with Crippen molar-refractivity contribution in [3.63, 3.8) is 0 Å². The van der Waals surface area contributed by atoms with Crippen molar-refractivity contribution in [2.45, 2.75) is 11.8 Å². The number of nitrogens with zero attached hydrogens (tertiary/aromatic N) is 3. The van der Waals surface area contributed by atoms with E-state index in [0.717, 1.165) is 17.8 Å². The highest BCUT2D eigenvalue weighted by molar-refractivity contribution is 7.90. The molecule has 0 bridgehead atoms. The number of hydrogen-bond donors (Lipinski definition) is 1. The minimum absolute atomic E-state index is 0.348. The largest absolute Gasteiger partial charge is 0.287 e. The lowest BCUT2D eigenvalue weighted by molar-refractivity contribution is 0.0976. The molecular formula is C16H11ClF2N4O3S. The van der Waals surface area contributed by atoms with E-state index in [2.05, 4.69) is 10.3 Å². The Hall–Kier alpha value is -2.85. The fraction of sp³-hybridized carbons (Fsp3) is 0.0625. The van der Waals surface area contributed by atoms with Gasteiger partial charge < -0.3 is 0 Å². The summed E-state index contributed by atoms with van der Waals surface area (Å²) in [7, 11) is -4.65. The summed E-state index contributed by atoms with van der Waals surface area (Å²) in [4.78, 5) is 11.2. The Balaban J connectivity index is 1.87. The first kappa shape index (κ1) is 18.9. The Labute approximate surface area is 157 Å². The van der Waals surface area contributed by atoms with E-state index in [-0.39, 0.29) is 5.69 Å². The van der Waals surface area contributed by atoms with Gasteiger partial charge in [0.15, 0.2) is 5.69 Å². The molecule has 1 aromatic heterocycles. The van der Waals surface area contributed by atoms with E-state index in [1.54, 1.807) is 22.9 Å². The van der Waals surface area contributed by atoms with Gasteiger partial charge in [-0.05, 0) is 42.8 Å². The minimum atomic E-state index is -4.65. The van der Waals surface area contributed by atoms with Crippen LogP contribution in [0, 0.1) is 18.6 Å². The zero-order valence-electron chi connectivity index (χ0n) is 13.6. The van der Waals surface area contributed by atoms with Gasteiger partial charge in [0.25, 0.3) is 15.9 Å². The van der Waals surface area contributed by atoms with Gasteiger partial charge in [0.1, 0.15) is 16.5 Å². The molecule has 2 aromatic carbocycles. The molecule has 0 aliphatic heterocycles. The molecule has 1 N–H and O–H groups in total. The van der Waals surface area contributed by atoms with Gasteiger partial charge in [-0.2, -0.15) is 0 Å². The molecule has 0 aliphatic carbocycles. The van der Waals surface area contributed by atoms with Gasteiger partial charge >= 0.3 is 0 Å². The van der Waals surface area contributed by atoms with Gasteiger partial charge in [-0.3, -0.25) is 4.79 Å². The number of hydrogen-bond acceptors (Lipinski definition) is 5.